The highest BCUT2D eigenvalue weighted by molar-refractivity contribution is 9.10. The van der Waals surface area contributed by atoms with Crippen molar-refractivity contribution in [3.63, 3.8) is 0 Å². The van der Waals surface area contributed by atoms with Gasteiger partial charge < -0.3 is 10.6 Å². The van der Waals surface area contributed by atoms with Crippen LogP contribution in [0.25, 0.3) is 0 Å². The van der Waals surface area contributed by atoms with Crippen LogP contribution < -0.4 is 10.6 Å². The fourth-order valence-electron chi connectivity index (χ4n) is 2.10. The van der Waals surface area contributed by atoms with Crippen LogP contribution in [0.2, 0.25) is 0 Å². The van der Waals surface area contributed by atoms with Crippen molar-refractivity contribution in [2.45, 2.75) is 39.2 Å². The van der Waals surface area contributed by atoms with Crippen molar-refractivity contribution < 1.29 is 0 Å². The molecule has 3 heteroatoms. The molecule has 2 N–H and O–H groups in total. The Labute approximate surface area is 113 Å². The number of benzene rings is 1. The molecule has 1 aromatic rings. The standard InChI is InChI=1S/C14H23BrN2/c1-4-5-11(2)17(3)14-7-6-13(15)10-12(14)8-9-16/h6-7,10-11H,4-5,8-9,16H2,1-3H3. The Morgan fingerprint density at radius 2 is 2.12 bits per heavy atom. The van der Waals surface area contributed by atoms with Crippen LogP contribution >= 0.6 is 15.9 Å². The van der Waals surface area contributed by atoms with Crippen LogP contribution in [-0.4, -0.2) is 19.6 Å². The van der Waals surface area contributed by atoms with Crippen molar-refractivity contribution in [1.82, 2.24) is 0 Å². The first-order valence-electron chi connectivity index (χ1n) is 6.31. The Hall–Kier alpha value is -0.540. The molecular formula is C14H23BrN2. The summed E-state index contributed by atoms with van der Waals surface area (Å²) in [4.78, 5) is 2.36. The van der Waals surface area contributed by atoms with Crippen molar-refractivity contribution in [1.29, 1.82) is 0 Å². The summed E-state index contributed by atoms with van der Waals surface area (Å²) < 4.78 is 1.13. The van der Waals surface area contributed by atoms with E-state index in [1.54, 1.807) is 0 Å². The molecule has 96 valence electrons. The number of rotatable bonds is 6. The van der Waals surface area contributed by atoms with E-state index in [0.717, 1.165) is 10.9 Å². The minimum absolute atomic E-state index is 0.567. The van der Waals surface area contributed by atoms with Crippen LogP contribution in [0.1, 0.15) is 32.3 Å². The average Bonchev–Trinajstić information content (AvgIpc) is 2.29. The van der Waals surface area contributed by atoms with Gasteiger partial charge in [0.25, 0.3) is 0 Å². The molecule has 0 aliphatic rings. The molecule has 0 aliphatic carbocycles. The molecule has 0 heterocycles. The molecule has 2 nitrogen and oxygen atoms in total. The minimum atomic E-state index is 0.567. The van der Waals surface area contributed by atoms with Crippen molar-refractivity contribution in [2.24, 2.45) is 5.73 Å². The molecule has 0 fully saturated rings. The van der Waals surface area contributed by atoms with Gasteiger partial charge in [-0.15, -0.1) is 0 Å². The van der Waals surface area contributed by atoms with Gasteiger partial charge in [-0.3, -0.25) is 0 Å². The van der Waals surface area contributed by atoms with Gasteiger partial charge in [-0.1, -0.05) is 29.3 Å². The highest BCUT2D eigenvalue weighted by Gasteiger charge is 2.12. The lowest BCUT2D eigenvalue weighted by atomic mass is 10.1. The van der Waals surface area contributed by atoms with Gasteiger partial charge in [-0.2, -0.15) is 0 Å². The number of nitrogens with zero attached hydrogens (tertiary/aromatic N) is 1. The van der Waals surface area contributed by atoms with E-state index in [-0.39, 0.29) is 0 Å². The Morgan fingerprint density at radius 3 is 2.71 bits per heavy atom. The Bertz CT molecular complexity index is 352. The van der Waals surface area contributed by atoms with E-state index < -0.39 is 0 Å². The van der Waals surface area contributed by atoms with E-state index >= 15 is 0 Å². The van der Waals surface area contributed by atoms with Crippen LogP contribution in [0.15, 0.2) is 22.7 Å². The van der Waals surface area contributed by atoms with Crippen molar-refractivity contribution >= 4 is 21.6 Å². The van der Waals surface area contributed by atoms with E-state index in [0.29, 0.717) is 12.6 Å². The van der Waals surface area contributed by atoms with Gasteiger partial charge in [0, 0.05) is 23.2 Å². The first kappa shape index (κ1) is 14.5. The maximum Gasteiger partial charge on any atom is 0.0399 e. The summed E-state index contributed by atoms with van der Waals surface area (Å²) in [5.74, 6) is 0. The molecule has 17 heavy (non-hydrogen) atoms. The normalized spacial score (nSPS) is 12.5. The number of hydrogen-bond donors (Lipinski definition) is 1. The Balaban J connectivity index is 2.94. The summed E-state index contributed by atoms with van der Waals surface area (Å²) in [5, 5.41) is 0. The third kappa shape index (κ3) is 4.00. The van der Waals surface area contributed by atoms with E-state index in [1.165, 1.54) is 24.1 Å². The SMILES string of the molecule is CCCC(C)N(C)c1ccc(Br)cc1CCN. The zero-order valence-corrected chi connectivity index (χ0v) is 12.6. The van der Waals surface area contributed by atoms with E-state index in [2.05, 4.69) is 59.9 Å². The largest absolute Gasteiger partial charge is 0.372 e. The number of hydrogen-bond acceptors (Lipinski definition) is 2. The molecule has 0 saturated carbocycles. The van der Waals surface area contributed by atoms with Crippen LogP contribution in [0.5, 0.6) is 0 Å². The maximum atomic E-state index is 5.68. The van der Waals surface area contributed by atoms with Gasteiger partial charge in [-0.25, -0.2) is 0 Å². The summed E-state index contributed by atoms with van der Waals surface area (Å²) in [6, 6.07) is 7.03. The lowest BCUT2D eigenvalue weighted by Crippen LogP contribution is -2.29. The van der Waals surface area contributed by atoms with Crippen molar-refractivity contribution in [3.05, 3.63) is 28.2 Å². The molecular weight excluding hydrogens is 276 g/mol. The minimum Gasteiger partial charge on any atom is -0.372 e. The van der Waals surface area contributed by atoms with Gasteiger partial charge in [0.1, 0.15) is 0 Å². The maximum absolute atomic E-state index is 5.68. The monoisotopic (exact) mass is 298 g/mol. The second-order valence-electron chi connectivity index (χ2n) is 4.56. The average molecular weight is 299 g/mol. The van der Waals surface area contributed by atoms with Gasteiger partial charge in [0.2, 0.25) is 0 Å². The van der Waals surface area contributed by atoms with Crippen molar-refractivity contribution in [2.75, 3.05) is 18.5 Å². The second kappa shape index (κ2) is 7.02. The lowest BCUT2D eigenvalue weighted by molar-refractivity contribution is 0.614. The molecule has 0 spiro atoms. The molecule has 1 unspecified atom stereocenters. The molecule has 0 radical (unpaired) electrons. The first-order valence-corrected chi connectivity index (χ1v) is 7.10. The fourth-order valence-corrected chi connectivity index (χ4v) is 2.51. The number of nitrogens with two attached hydrogens (primary N) is 1. The van der Waals surface area contributed by atoms with E-state index in [4.69, 9.17) is 5.73 Å². The summed E-state index contributed by atoms with van der Waals surface area (Å²) in [7, 11) is 2.17. The molecule has 0 amide bonds. The van der Waals surface area contributed by atoms with Crippen molar-refractivity contribution in [3.8, 4) is 0 Å². The topological polar surface area (TPSA) is 29.3 Å². The third-order valence-corrected chi connectivity index (χ3v) is 3.70. The predicted molar refractivity (Wildman–Crippen MR) is 79.7 cm³/mol. The Kier molecular flexibility index (Phi) is 6.00. The number of halogens is 1. The van der Waals surface area contributed by atoms with Gasteiger partial charge in [0.15, 0.2) is 0 Å². The highest BCUT2D eigenvalue weighted by atomic mass is 79.9. The quantitative estimate of drug-likeness (QED) is 0.870. The van der Waals surface area contributed by atoms with Crippen LogP contribution in [-0.2, 0) is 6.42 Å². The summed E-state index contributed by atoms with van der Waals surface area (Å²) in [6.07, 6.45) is 3.36. The smallest absolute Gasteiger partial charge is 0.0399 e. The van der Waals surface area contributed by atoms with Crippen LogP contribution in [0.3, 0.4) is 0 Å². The molecule has 1 atom stereocenters. The van der Waals surface area contributed by atoms with Gasteiger partial charge in [0.05, 0.1) is 0 Å². The third-order valence-electron chi connectivity index (χ3n) is 3.20. The molecule has 1 aromatic carbocycles. The van der Waals surface area contributed by atoms with Gasteiger partial charge >= 0.3 is 0 Å². The van der Waals surface area contributed by atoms with Crippen LogP contribution in [0, 0.1) is 0 Å². The van der Waals surface area contributed by atoms with E-state index in [1.807, 2.05) is 0 Å². The molecule has 0 saturated heterocycles. The van der Waals surface area contributed by atoms with Crippen LogP contribution in [0.4, 0.5) is 5.69 Å². The summed E-state index contributed by atoms with van der Waals surface area (Å²) >= 11 is 3.52. The molecule has 1 rings (SSSR count). The second-order valence-corrected chi connectivity index (χ2v) is 5.48. The predicted octanol–water partition coefficient (Wildman–Crippen LogP) is 3.58. The molecule has 0 bridgehead atoms. The zero-order valence-electron chi connectivity index (χ0n) is 11.0. The number of anilines is 1. The highest BCUT2D eigenvalue weighted by Crippen LogP contribution is 2.26. The zero-order chi connectivity index (χ0) is 12.8. The summed E-state index contributed by atoms with van der Waals surface area (Å²) in [5.41, 5.74) is 8.31. The molecule has 0 aliphatic heterocycles. The molecule has 0 aromatic heterocycles. The fraction of sp³-hybridized carbons (Fsp3) is 0.571. The van der Waals surface area contributed by atoms with Gasteiger partial charge in [-0.05, 0) is 50.1 Å². The Morgan fingerprint density at radius 1 is 1.41 bits per heavy atom. The first-order chi connectivity index (χ1) is 8.10. The lowest BCUT2D eigenvalue weighted by Gasteiger charge is -2.29. The summed E-state index contributed by atoms with van der Waals surface area (Å²) in [6.45, 7) is 5.20. The van der Waals surface area contributed by atoms with E-state index in [9.17, 15) is 0 Å².